The summed E-state index contributed by atoms with van der Waals surface area (Å²) in [6.07, 6.45) is -5.46. The van der Waals surface area contributed by atoms with E-state index in [1.807, 2.05) is 0 Å². The maximum Gasteiger partial charge on any atom is 0.471 e. The number of alkyl halides is 3. The lowest BCUT2D eigenvalue weighted by atomic mass is 10.2. The van der Waals surface area contributed by atoms with Gasteiger partial charge in [-0.2, -0.15) is 18.2 Å². The van der Waals surface area contributed by atoms with Crippen molar-refractivity contribution in [2.24, 2.45) is 0 Å². The monoisotopic (exact) mass is 641 g/mol. The van der Waals surface area contributed by atoms with E-state index in [4.69, 9.17) is 36.3 Å². The van der Waals surface area contributed by atoms with E-state index in [9.17, 15) is 27.6 Å². The maximum absolute atomic E-state index is 12.9. The standard InChI is InChI=1S/C23H32F3N4O6S3Si/c1-14(31)28-19-15(8-7-9-27-20(32)23(24,25)26)11-30(21(33)29-19)18-10-16(34-13-39(37)38)17(36-18)12-35-40(5,6)22(2,3)4/h11,16-18H,9-10,12-13H2,1-6H3,(H,27,32)(H,28,29,31,33)/q-1. The summed E-state index contributed by atoms with van der Waals surface area (Å²) in [5, 5.41) is 3.94. The summed E-state index contributed by atoms with van der Waals surface area (Å²) >= 11 is 10.1. The molecule has 2 N–H and O–H groups in total. The molecule has 10 nitrogen and oxygen atoms in total. The molecule has 224 valence electrons. The van der Waals surface area contributed by atoms with Gasteiger partial charge in [0, 0.05) is 19.5 Å². The lowest BCUT2D eigenvalue weighted by Gasteiger charge is -2.37. The third-order valence-corrected chi connectivity index (χ3v) is 11.8. The third-order valence-electron chi connectivity index (χ3n) is 6.35. The number of hydrogen-bond donors (Lipinski definition) is 2. The van der Waals surface area contributed by atoms with E-state index in [0.717, 1.165) is 4.57 Å². The Morgan fingerprint density at radius 3 is 2.50 bits per heavy atom. The van der Waals surface area contributed by atoms with Crippen LogP contribution >= 0.6 is 0 Å². The maximum atomic E-state index is 12.9. The number of carbonyl (C=O) groups is 2. The molecule has 1 aromatic rings. The summed E-state index contributed by atoms with van der Waals surface area (Å²) in [5.41, 5.74) is -0.739. The Morgan fingerprint density at radius 2 is 1.95 bits per heavy atom. The van der Waals surface area contributed by atoms with Gasteiger partial charge in [-0.1, -0.05) is 32.6 Å². The smallest absolute Gasteiger partial charge is 0.414 e. The van der Waals surface area contributed by atoms with E-state index in [1.54, 1.807) is 5.32 Å². The van der Waals surface area contributed by atoms with Gasteiger partial charge in [0.1, 0.15) is 12.3 Å². The summed E-state index contributed by atoms with van der Waals surface area (Å²) in [6, 6.07) is 0. The highest BCUT2D eigenvalue weighted by molar-refractivity contribution is 8.46. The van der Waals surface area contributed by atoms with E-state index in [-0.39, 0.29) is 35.4 Å². The molecule has 0 saturated carbocycles. The summed E-state index contributed by atoms with van der Waals surface area (Å²) < 4.78 is 56.8. The van der Waals surface area contributed by atoms with Gasteiger partial charge in [-0.15, -0.1) is 0 Å². The number of amides is 2. The van der Waals surface area contributed by atoms with Crippen molar-refractivity contribution in [3.63, 3.8) is 0 Å². The van der Waals surface area contributed by atoms with E-state index in [2.05, 4.69) is 56.0 Å². The average Bonchev–Trinajstić information content (AvgIpc) is 3.21. The topological polar surface area (TPSA) is 121 Å². The molecule has 40 heavy (non-hydrogen) atoms. The Morgan fingerprint density at radius 1 is 1.30 bits per heavy atom. The van der Waals surface area contributed by atoms with Gasteiger partial charge in [-0.3, -0.25) is 36.5 Å². The molecule has 0 aliphatic carbocycles. The van der Waals surface area contributed by atoms with Gasteiger partial charge in [0.25, 0.3) is 0 Å². The first-order valence-electron chi connectivity index (χ1n) is 12.0. The SMILES string of the molecule is CC(=O)Nc1nc(=O)n(C2CC(OC[S-](=S)=S)C(CO[Si](C)(C)C(C)(C)C)O2)cc1C#CCNC(=O)C(F)(F)F. The molecule has 0 spiro atoms. The molecule has 1 saturated heterocycles. The molecule has 0 aromatic carbocycles. The summed E-state index contributed by atoms with van der Waals surface area (Å²) in [4.78, 5) is 39.4. The molecule has 2 rings (SSSR count). The molecule has 1 aliphatic heterocycles. The zero-order valence-electron chi connectivity index (χ0n) is 22.8. The number of anilines is 1. The van der Waals surface area contributed by atoms with E-state index >= 15 is 0 Å². The first-order valence-corrected chi connectivity index (χ1v) is 18.2. The van der Waals surface area contributed by atoms with Crippen LogP contribution in [0.25, 0.3) is 0 Å². The third kappa shape index (κ3) is 9.85. The van der Waals surface area contributed by atoms with Crippen molar-refractivity contribution in [3.8, 4) is 11.8 Å². The average molecular weight is 642 g/mol. The first kappa shape index (κ1) is 34.3. The van der Waals surface area contributed by atoms with Crippen molar-refractivity contribution < 1.29 is 36.7 Å². The van der Waals surface area contributed by atoms with Crippen LogP contribution in [0.4, 0.5) is 19.0 Å². The molecule has 3 unspecified atom stereocenters. The first-order chi connectivity index (χ1) is 18.3. The molecule has 1 aromatic heterocycles. The Hall–Kier alpha value is -1.94. The highest BCUT2D eigenvalue weighted by Crippen LogP contribution is 2.38. The van der Waals surface area contributed by atoms with Crippen molar-refractivity contribution >= 4 is 56.3 Å². The predicted molar refractivity (Wildman–Crippen MR) is 152 cm³/mol. The van der Waals surface area contributed by atoms with E-state index in [0.29, 0.717) is 0 Å². The number of nitrogens with one attached hydrogen (secondary N) is 2. The summed E-state index contributed by atoms with van der Waals surface area (Å²) in [6.45, 7) is 11.3. The Bertz CT molecular complexity index is 1290. The molecule has 3 atom stereocenters. The Balaban J connectivity index is 2.36. The molecular weight excluding hydrogens is 610 g/mol. The van der Waals surface area contributed by atoms with Crippen LogP contribution in [0.3, 0.4) is 0 Å². The molecular formula is C23H32F3N4O6S3Si-. The van der Waals surface area contributed by atoms with Crippen molar-refractivity contribution in [3.05, 3.63) is 22.2 Å². The fourth-order valence-corrected chi connectivity index (χ4v) is 4.87. The molecule has 2 heterocycles. The minimum Gasteiger partial charge on any atom is -0.414 e. The highest BCUT2D eigenvalue weighted by Gasteiger charge is 2.42. The zero-order valence-corrected chi connectivity index (χ0v) is 26.3. The second-order valence-electron chi connectivity index (χ2n) is 10.4. The number of carbonyl (C=O) groups excluding carboxylic acids is 2. The van der Waals surface area contributed by atoms with E-state index < -0.39 is 65.0 Å². The van der Waals surface area contributed by atoms with Gasteiger partial charge in [0.2, 0.25) is 5.91 Å². The van der Waals surface area contributed by atoms with Crippen molar-refractivity contribution in [2.75, 3.05) is 24.4 Å². The molecule has 2 amide bonds. The van der Waals surface area contributed by atoms with Gasteiger partial charge >= 0.3 is 17.8 Å². The Kier molecular flexibility index (Phi) is 11.8. The van der Waals surface area contributed by atoms with Gasteiger partial charge in [-0.05, 0) is 24.1 Å². The Labute approximate surface area is 242 Å². The van der Waals surface area contributed by atoms with Crippen LogP contribution in [-0.2, 0) is 53.9 Å². The predicted octanol–water partition coefficient (Wildman–Crippen LogP) is 2.43. The zero-order chi connectivity index (χ0) is 30.5. The minimum absolute atomic E-state index is 0.0239. The van der Waals surface area contributed by atoms with Crippen LogP contribution in [-0.4, -0.2) is 67.2 Å². The van der Waals surface area contributed by atoms with Crippen LogP contribution in [0, 0.1) is 11.8 Å². The summed E-state index contributed by atoms with van der Waals surface area (Å²) in [7, 11) is -2.98. The number of nitrogens with zero attached hydrogens (tertiary/aromatic N) is 2. The largest absolute Gasteiger partial charge is 0.471 e. The fourth-order valence-electron chi connectivity index (χ4n) is 3.24. The quantitative estimate of drug-likeness (QED) is 0.238. The molecule has 17 heteroatoms. The second-order valence-corrected chi connectivity index (χ2v) is 19.1. The van der Waals surface area contributed by atoms with E-state index in [1.165, 1.54) is 13.1 Å². The van der Waals surface area contributed by atoms with Crippen LogP contribution in [0.15, 0.2) is 11.0 Å². The molecule has 1 aliphatic rings. The molecule has 0 bridgehead atoms. The van der Waals surface area contributed by atoms with Gasteiger partial charge in [-0.25, -0.2) is 4.79 Å². The number of aromatic nitrogens is 2. The van der Waals surface area contributed by atoms with Gasteiger partial charge in [0.15, 0.2) is 14.1 Å². The molecule has 1 fully saturated rings. The van der Waals surface area contributed by atoms with Crippen LogP contribution in [0.5, 0.6) is 0 Å². The highest BCUT2D eigenvalue weighted by atomic mass is 33.1. The van der Waals surface area contributed by atoms with Crippen LogP contribution in [0.2, 0.25) is 18.1 Å². The van der Waals surface area contributed by atoms with Gasteiger partial charge in [0.05, 0.1) is 24.8 Å². The van der Waals surface area contributed by atoms with Crippen molar-refractivity contribution in [1.29, 1.82) is 0 Å². The van der Waals surface area contributed by atoms with Crippen LogP contribution < -0.4 is 16.3 Å². The lowest BCUT2D eigenvalue weighted by Crippen LogP contribution is -2.44. The summed E-state index contributed by atoms with van der Waals surface area (Å²) in [5.74, 6) is 2.16. The van der Waals surface area contributed by atoms with Crippen LogP contribution in [0.1, 0.15) is 45.9 Å². The second kappa shape index (κ2) is 13.8. The van der Waals surface area contributed by atoms with Crippen molar-refractivity contribution in [2.45, 2.75) is 76.9 Å². The fraction of sp³-hybridized carbons (Fsp3) is 0.652. The number of halogens is 3. The molecule has 0 radical (unpaired) electrons. The number of hydrogen-bond acceptors (Lipinski definition) is 10. The number of rotatable bonds is 9. The normalized spacial score (nSPS) is 19.7. The van der Waals surface area contributed by atoms with Crippen molar-refractivity contribution in [1.82, 2.24) is 14.9 Å². The minimum atomic E-state index is -5.06. The van der Waals surface area contributed by atoms with Gasteiger partial charge < -0.3 is 32.5 Å². The number of ether oxygens (including phenoxy) is 2. The lowest BCUT2D eigenvalue weighted by molar-refractivity contribution is -0.173.